The number of H-pyrrole nitrogens is 2. The molecule has 0 bridgehead atoms. The highest BCUT2D eigenvalue weighted by Gasteiger charge is 2.45. The molecular formula is C26H29N5O2. The summed E-state index contributed by atoms with van der Waals surface area (Å²) in [5, 5.41) is 11.4. The zero-order valence-electron chi connectivity index (χ0n) is 19.2. The normalized spacial score (nSPS) is 21.2. The van der Waals surface area contributed by atoms with Crippen LogP contribution < -0.4 is 10.1 Å². The molecule has 1 saturated heterocycles. The summed E-state index contributed by atoms with van der Waals surface area (Å²) >= 11 is 0. The van der Waals surface area contributed by atoms with Crippen molar-refractivity contribution in [2.24, 2.45) is 0 Å². The van der Waals surface area contributed by atoms with Gasteiger partial charge < -0.3 is 15.0 Å². The number of benzene rings is 2. The number of hydrogen-bond acceptors (Lipinski definition) is 4. The summed E-state index contributed by atoms with van der Waals surface area (Å²) in [5.74, 6) is 0.823. The Morgan fingerprint density at radius 2 is 2.09 bits per heavy atom. The van der Waals surface area contributed by atoms with Crippen molar-refractivity contribution in [3.05, 3.63) is 72.2 Å². The van der Waals surface area contributed by atoms with Crippen LogP contribution in [0.4, 0.5) is 0 Å². The van der Waals surface area contributed by atoms with E-state index in [1.54, 1.807) is 14.0 Å². The van der Waals surface area contributed by atoms with Gasteiger partial charge in [-0.1, -0.05) is 30.3 Å². The molecule has 3 N–H and O–H groups in total. The fourth-order valence-corrected chi connectivity index (χ4v) is 5.39. The molecule has 5 rings (SSSR count). The Bertz CT molecular complexity index is 1280. The number of hydrogen-bond donors (Lipinski definition) is 3. The molecule has 0 aliphatic carbocycles. The summed E-state index contributed by atoms with van der Waals surface area (Å²) in [5.41, 5.74) is 5.12. The van der Waals surface area contributed by atoms with Crippen LogP contribution in [0.5, 0.6) is 5.75 Å². The number of carbonyl (C=O) groups is 1. The third-order valence-electron chi connectivity index (χ3n) is 6.93. The number of piperidine rings is 1. The van der Waals surface area contributed by atoms with Gasteiger partial charge in [-0.3, -0.25) is 14.8 Å². The quantitative estimate of drug-likeness (QED) is 0.435. The van der Waals surface area contributed by atoms with E-state index in [0.717, 1.165) is 52.7 Å². The fourth-order valence-electron chi connectivity index (χ4n) is 5.39. The Hall–Kier alpha value is -3.58. The van der Waals surface area contributed by atoms with E-state index in [0.29, 0.717) is 0 Å². The van der Waals surface area contributed by atoms with E-state index >= 15 is 0 Å². The fraction of sp³-hybridized carbons (Fsp3) is 0.308. The van der Waals surface area contributed by atoms with Gasteiger partial charge in [0.1, 0.15) is 5.75 Å². The number of para-hydroxylation sites is 1. The van der Waals surface area contributed by atoms with Gasteiger partial charge in [0.2, 0.25) is 5.91 Å². The van der Waals surface area contributed by atoms with Gasteiger partial charge in [-0.05, 0) is 37.6 Å². The highest BCUT2D eigenvalue weighted by molar-refractivity contribution is 5.97. The molecule has 1 fully saturated rings. The van der Waals surface area contributed by atoms with Gasteiger partial charge >= 0.3 is 0 Å². The Balaban J connectivity index is 1.74. The molecule has 1 aliphatic rings. The summed E-state index contributed by atoms with van der Waals surface area (Å²) in [4.78, 5) is 17.9. The number of likely N-dealkylation sites (tertiary alicyclic amines) is 1. The maximum absolute atomic E-state index is 12.0. The maximum Gasteiger partial charge on any atom is 0.217 e. The van der Waals surface area contributed by atoms with Crippen LogP contribution >= 0.6 is 0 Å². The Morgan fingerprint density at radius 1 is 1.24 bits per heavy atom. The predicted molar refractivity (Wildman–Crippen MR) is 129 cm³/mol. The molecule has 2 unspecified atom stereocenters. The average Bonchev–Trinajstić information content (AvgIpc) is 3.49. The van der Waals surface area contributed by atoms with Gasteiger partial charge in [0.15, 0.2) is 0 Å². The minimum atomic E-state index is -0.446. The third-order valence-corrected chi connectivity index (χ3v) is 6.93. The SMILES string of the molecule is COc1cccc(C2(c3cccc4c(-c5cn[nH]c5)c[nH]c34)CC(NC(C)=O)CCN2C)c1. The van der Waals surface area contributed by atoms with Crippen molar-refractivity contribution in [1.29, 1.82) is 0 Å². The van der Waals surface area contributed by atoms with E-state index in [1.165, 1.54) is 5.56 Å². The molecule has 2 atom stereocenters. The van der Waals surface area contributed by atoms with Gasteiger partial charge in [-0.15, -0.1) is 0 Å². The molecule has 2 aromatic heterocycles. The van der Waals surface area contributed by atoms with Crippen LogP contribution in [0.2, 0.25) is 0 Å². The second kappa shape index (κ2) is 8.41. The molecule has 2 aromatic carbocycles. The van der Waals surface area contributed by atoms with Crippen molar-refractivity contribution in [3.63, 3.8) is 0 Å². The van der Waals surface area contributed by atoms with Crippen LogP contribution in [0, 0.1) is 0 Å². The number of rotatable bonds is 5. The van der Waals surface area contributed by atoms with E-state index in [2.05, 4.69) is 62.8 Å². The molecule has 7 nitrogen and oxygen atoms in total. The number of amides is 1. The molecular weight excluding hydrogens is 414 g/mol. The first kappa shape index (κ1) is 21.3. The first-order valence-electron chi connectivity index (χ1n) is 11.3. The van der Waals surface area contributed by atoms with Crippen LogP contribution in [0.25, 0.3) is 22.0 Å². The monoisotopic (exact) mass is 443 g/mol. The highest BCUT2D eigenvalue weighted by Crippen LogP contribution is 2.46. The van der Waals surface area contributed by atoms with E-state index in [-0.39, 0.29) is 11.9 Å². The lowest BCUT2D eigenvalue weighted by atomic mass is 9.73. The molecule has 170 valence electrons. The molecule has 33 heavy (non-hydrogen) atoms. The predicted octanol–water partition coefficient (Wildman–Crippen LogP) is 4.04. The molecule has 0 saturated carbocycles. The van der Waals surface area contributed by atoms with Crippen molar-refractivity contribution in [1.82, 2.24) is 25.4 Å². The highest BCUT2D eigenvalue weighted by atomic mass is 16.5. The number of aromatic nitrogens is 3. The van der Waals surface area contributed by atoms with Crippen molar-refractivity contribution in [2.75, 3.05) is 20.7 Å². The summed E-state index contributed by atoms with van der Waals surface area (Å²) in [7, 11) is 3.86. The minimum Gasteiger partial charge on any atom is -0.497 e. The van der Waals surface area contributed by atoms with Crippen LogP contribution in [0.1, 0.15) is 30.9 Å². The standard InChI is InChI=1S/C26H29N5O2/c1-17(32)30-20-10-11-31(2)26(13-20,19-6-4-7-21(12-19)33-3)24-9-5-8-22-23(16-27-25(22)24)18-14-28-29-15-18/h4-9,12,14-16,20,27H,10-11,13H2,1-3H3,(H,28,29)(H,30,32). The largest absolute Gasteiger partial charge is 0.497 e. The first-order chi connectivity index (χ1) is 16.0. The second-order valence-electron chi connectivity index (χ2n) is 8.82. The van der Waals surface area contributed by atoms with Gasteiger partial charge in [0, 0.05) is 54.0 Å². The lowest BCUT2D eigenvalue weighted by molar-refractivity contribution is -0.120. The lowest BCUT2D eigenvalue weighted by Gasteiger charge is -2.49. The van der Waals surface area contributed by atoms with Gasteiger partial charge in [-0.25, -0.2) is 0 Å². The smallest absolute Gasteiger partial charge is 0.217 e. The Morgan fingerprint density at radius 3 is 2.85 bits per heavy atom. The summed E-state index contributed by atoms with van der Waals surface area (Å²) in [6.07, 6.45) is 7.46. The number of nitrogens with one attached hydrogen (secondary N) is 3. The number of aromatic amines is 2. The average molecular weight is 444 g/mol. The van der Waals surface area contributed by atoms with Gasteiger partial charge in [-0.2, -0.15) is 5.10 Å². The summed E-state index contributed by atoms with van der Waals surface area (Å²) in [6, 6.07) is 14.8. The van der Waals surface area contributed by atoms with Crippen LogP contribution in [-0.4, -0.2) is 52.7 Å². The number of fused-ring (bicyclic) bond motifs is 1. The second-order valence-corrected chi connectivity index (χ2v) is 8.82. The maximum atomic E-state index is 12.0. The molecule has 1 aliphatic heterocycles. The topological polar surface area (TPSA) is 86.0 Å². The zero-order valence-corrected chi connectivity index (χ0v) is 19.2. The molecule has 1 amide bonds. The van der Waals surface area contributed by atoms with Crippen LogP contribution in [0.15, 0.2) is 61.1 Å². The number of ether oxygens (including phenoxy) is 1. The van der Waals surface area contributed by atoms with Crippen molar-refractivity contribution >= 4 is 16.8 Å². The van der Waals surface area contributed by atoms with E-state index in [4.69, 9.17) is 4.74 Å². The molecule has 4 aromatic rings. The number of nitrogens with zero attached hydrogens (tertiary/aromatic N) is 2. The van der Waals surface area contributed by atoms with Crippen molar-refractivity contribution < 1.29 is 9.53 Å². The van der Waals surface area contributed by atoms with Crippen LogP contribution in [-0.2, 0) is 10.3 Å². The number of carbonyl (C=O) groups excluding carboxylic acids is 1. The van der Waals surface area contributed by atoms with Crippen LogP contribution in [0.3, 0.4) is 0 Å². The van der Waals surface area contributed by atoms with E-state index in [1.807, 2.05) is 30.7 Å². The van der Waals surface area contributed by atoms with Crippen molar-refractivity contribution in [2.45, 2.75) is 31.3 Å². The Kier molecular flexibility index (Phi) is 5.42. The zero-order chi connectivity index (χ0) is 23.0. The van der Waals surface area contributed by atoms with Gasteiger partial charge in [0.25, 0.3) is 0 Å². The van der Waals surface area contributed by atoms with Gasteiger partial charge in [0.05, 0.1) is 24.4 Å². The molecule has 0 radical (unpaired) electrons. The van der Waals surface area contributed by atoms with E-state index in [9.17, 15) is 4.79 Å². The summed E-state index contributed by atoms with van der Waals surface area (Å²) in [6.45, 7) is 2.45. The minimum absolute atomic E-state index is 0.00409. The molecule has 3 heterocycles. The van der Waals surface area contributed by atoms with E-state index < -0.39 is 5.54 Å². The third kappa shape index (κ3) is 3.58. The first-order valence-corrected chi connectivity index (χ1v) is 11.3. The number of methoxy groups -OCH3 is 1. The molecule has 7 heteroatoms. The molecule has 0 spiro atoms. The lowest BCUT2D eigenvalue weighted by Crippen LogP contribution is -2.55. The Labute approximate surface area is 193 Å². The van der Waals surface area contributed by atoms with Crippen molar-refractivity contribution in [3.8, 4) is 16.9 Å². The summed E-state index contributed by atoms with van der Waals surface area (Å²) < 4.78 is 5.59.